The third kappa shape index (κ3) is 3.67. The average Bonchev–Trinajstić information content (AvgIpc) is 2.55. The van der Waals surface area contributed by atoms with Gasteiger partial charge in [0.15, 0.2) is 0 Å². The maximum Gasteiger partial charge on any atom is 0.418 e. The van der Waals surface area contributed by atoms with Crippen LogP contribution in [-0.2, 0) is 6.18 Å². The second kappa shape index (κ2) is 6.75. The number of hydrogen-bond donors (Lipinski definition) is 0. The summed E-state index contributed by atoms with van der Waals surface area (Å²) in [6, 6.07) is 8.63. The number of rotatable bonds is 5. The molecule has 0 heterocycles. The highest BCUT2D eigenvalue weighted by molar-refractivity contribution is 5.78. The number of nitro groups is 2. The number of non-ortho nitro benzene ring substituents is 1. The molecule has 10 heteroatoms. The molecule has 0 amide bonds. The Morgan fingerprint density at radius 2 is 1.64 bits per heavy atom. The van der Waals surface area contributed by atoms with Crippen molar-refractivity contribution in [2.24, 2.45) is 0 Å². The summed E-state index contributed by atoms with van der Waals surface area (Å²) in [6.07, 6.45) is -5.01. The normalized spacial score (nSPS) is 11.2. The summed E-state index contributed by atoms with van der Waals surface area (Å²) in [5.41, 5.74) is -3.83. The first-order valence-corrected chi connectivity index (χ1v) is 7.03. The van der Waals surface area contributed by atoms with Crippen LogP contribution in [0.4, 0.5) is 35.9 Å². The van der Waals surface area contributed by atoms with E-state index in [1.165, 1.54) is 19.1 Å². The summed E-state index contributed by atoms with van der Waals surface area (Å²) >= 11 is 0. The molecule has 0 atom stereocenters. The minimum absolute atomic E-state index is 0.00819. The van der Waals surface area contributed by atoms with E-state index in [9.17, 15) is 33.4 Å². The van der Waals surface area contributed by atoms with Gasteiger partial charge in [-0.15, -0.1) is 0 Å². The predicted octanol–water partition coefficient (Wildman–Crippen LogP) is 4.68. The van der Waals surface area contributed by atoms with Gasteiger partial charge in [-0.2, -0.15) is 13.2 Å². The Balaban J connectivity index is 2.86. The zero-order chi connectivity index (χ0) is 18.8. The fraction of sp³-hybridized carbons (Fsp3) is 0.200. The van der Waals surface area contributed by atoms with E-state index >= 15 is 0 Å². The summed E-state index contributed by atoms with van der Waals surface area (Å²) in [4.78, 5) is 21.2. The first kappa shape index (κ1) is 18.2. The molecular formula is C15H12F3N3O4. The molecule has 0 aliphatic heterocycles. The fourth-order valence-corrected chi connectivity index (χ4v) is 2.43. The van der Waals surface area contributed by atoms with Gasteiger partial charge >= 0.3 is 6.18 Å². The molecule has 2 aromatic carbocycles. The van der Waals surface area contributed by atoms with Crippen LogP contribution in [0.5, 0.6) is 0 Å². The molecule has 25 heavy (non-hydrogen) atoms. The highest BCUT2D eigenvalue weighted by Crippen LogP contribution is 2.46. The number of nitrogens with zero attached hydrogens (tertiary/aromatic N) is 3. The molecule has 0 bridgehead atoms. The summed E-state index contributed by atoms with van der Waals surface area (Å²) in [7, 11) is 0. The summed E-state index contributed by atoms with van der Waals surface area (Å²) in [5.74, 6) is 0. The zero-order valence-corrected chi connectivity index (χ0v) is 12.9. The van der Waals surface area contributed by atoms with Gasteiger partial charge in [0, 0.05) is 18.3 Å². The molecule has 0 unspecified atom stereocenters. The molecule has 132 valence electrons. The van der Waals surface area contributed by atoms with E-state index in [0.717, 1.165) is 4.90 Å². The van der Waals surface area contributed by atoms with Gasteiger partial charge in [0.05, 0.1) is 21.5 Å². The SMILES string of the molecule is CCN(c1ccccc1)c1c([N+](=O)[O-])cc([N+](=O)[O-])cc1C(F)(F)F. The van der Waals surface area contributed by atoms with Crippen LogP contribution in [0.25, 0.3) is 0 Å². The topological polar surface area (TPSA) is 89.5 Å². The molecule has 0 saturated carbocycles. The van der Waals surface area contributed by atoms with Crippen molar-refractivity contribution in [3.8, 4) is 0 Å². The fourth-order valence-electron chi connectivity index (χ4n) is 2.43. The van der Waals surface area contributed by atoms with Crippen LogP contribution < -0.4 is 4.90 Å². The minimum atomic E-state index is -5.01. The molecule has 0 aliphatic carbocycles. The molecule has 0 spiro atoms. The van der Waals surface area contributed by atoms with Gasteiger partial charge in [0.2, 0.25) is 0 Å². The van der Waals surface area contributed by atoms with E-state index in [2.05, 4.69) is 0 Å². The van der Waals surface area contributed by atoms with E-state index in [1.54, 1.807) is 18.2 Å². The van der Waals surface area contributed by atoms with Crippen LogP contribution in [-0.4, -0.2) is 16.4 Å². The highest BCUT2D eigenvalue weighted by Gasteiger charge is 2.41. The molecule has 0 aromatic heterocycles. The maximum atomic E-state index is 13.5. The number of alkyl halides is 3. The van der Waals surface area contributed by atoms with Crippen molar-refractivity contribution in [2.75, 3.05) is 11.4 Å². The van der Waals surface area contributed by atoms with Crippen molar-refractivity contribution < 1.29 is 23.0 Å². The molecule has 0 saturated heterocycles. The Kier molecular flexibility index (Phi) is 4.91. The molecule has 0 radical (unpaired) electrons. The Bertz CT molecular complexity index is 810. The van der Waals surface area contributed by atoms with Crippen molar-refractivity contribution in [3.63, 3.8) is 0 Å². The van der Waals surface area contributed by atoms with Crippen molar-refractivity contribution in [2.45, 2.75) is 13.1 Å². The Morgan fingerprint density at radius 1 is 1.04 bits per heavy atom. The average molecular weight is 355 g/mol. The number of benzene rings is 2. The Labute approximate surface area is 139 Å². The molecule has 0 N–H and O–H groups in total. The molecule has 7 nitrogen and oxygen atoms in total. The number of para-hydroxylation sites is 1. The standard InChI is InChI=1S/C15H12F3N3O4/c1-2-19(10-6-4-3-5-7-10)14-12(15(16,17)18)8-11(20(22)23)9-13(14)21(24)25/h3-9H,2H2,1H3. The van der Waals surface area contributed by atoms with Gasteiger partial charge in [-0.05, 0) is 19.1 Å². The molecule has 0 aliphatic rings. The number of halogens is 3. The van der Waals surface area contributed by atoms with Gasteiger partial charge in [-0.1, -0.05) is 18.2 Å². The van der Waals surface area contributed by atoms with Gasteiger partial charge in [-0.3, -0.25) is 20.2 Å². The van der Waals surface area contributed by atoms with E-state index in [-0.39, 0.29) is 6.54 Å². The highest BCUT2D eigenvalue weighted by atomic mass is 19.4. The smallest absolute Gasteiger partial charge is 0.336 e. The number of nitro benzene ring substituents is 2. The molecular weight excluding hydrogens is 343 g/mol. The number of hydrogen-bond acceptors (Lipinski definition) is 5. The second-order valence-corrected chi connectivity index (χ2v) is 4.95. The van der Waals surface area contributed by atoms with Crippen LogP contribution in [0.1, 0.15) is 12.5 Å². The maximum absolute atomic E-state index is 13.5. The third-order valence-electron chi connectivity index (χ3n) is 3.44. The lowest BCUT2D eigenvalue weighted by molar-refractivity contribution is -0.394. The van der Waals surface area contributed by atoms with Crippen LogP contribution >= 0.6 is 0 Å². The first-order valence-electron chi connectivity index (χ1n) is 7.03. The van der Waals surface area contributed by atoms with Crippen LogP contribution in [0.15, 0.2) is 42.5 Å². The van der Waals surface area contributed by atoms with Crippen molar-refractivity contribution in [3.05, 3.63) is 68.3 Å². The van der Waals surface area contributed by atoms with Crippen LogP contribution in [0, 0.1) is 20.2 Å². The van der Waals surface area contributed by atoms with Gasteiger partial charge in [0.1, 0.15) is 5.69 Å². The van der Waals surface area contributed by atoms with Gasteiger partial charge in [-0.25, -0.2) is 0 Å². The minimum Gasteiger partial charge on any atom is -0.336 e. The van der Waals surface area contributed by atoms with Crippen LogP contribution in [0.2, 0.25) is 0 Å². The van der Waals surface area contributed by atoms with Crippen molar-refractivity contribution in [1.29, 1.82) is 0 Å². The molecule has 2 rings (SSSR count). The summed E-state index contributed by atoms with van der Waals surface area (Å²) in [6.45, 7) is 1.52. The third-order valence-corrected chi connectivity index (χ3v) is 3.44. The van der Waals surface area contributed by atoms with E-state index in [4.69, 9.17) is 0 Å². The lowest BCUT2D eigenvalue weighted by Gasteiger charge is -2.26. The van der Waals surface area contributed by atoms with Crippen LogP contribution in [0.3, 0.4) is 0 Å². The van der Waals surface area contributed by atoms with Gasteiger partial charge in [0.25, 0.3) is 11.4 Å². The van der Waals surface area contributed by atoms with E-state index in [1.807, 2.05) is 0 Å². The van der Waals surface area contributed by atoms with E-state index in [0.29, 0.717) is 17.8 Å². The summed E-state index contributed by atoms with van der Waals surface area (Å²) < 4.78 is 40.4. The van der Waals surface area contributed by atoms with E-state index < -0.39 is 38.6 Å². The Morgan fingerprint density at radius 3 is 2.08 bits per heavy atom. The van der Waals surface area contributed by atoms with Crippen molar-refractivity contribution in [1.82, 2.24) is 0 Å². The Hall–Kier alpha value is -3.17. The van der Waals surface area contributed by atoms with Gasteiger partial charge < -0.3 is 4.90 Å². The lowest BCUT2D eigenvalue weighted by atomic mass is 10.1. The quantitative estimate of drug-likeness (QED) is 0.574. The molecule has 2 aromatic rings. The predicted molar refractivity (Wildman–Crippen MR) is 83.9 cm³/mol. The molecule has 0 fully saturated rings. The lowest BCUT2D eigenvalue weighted by Crippen LogP contribution is -2.22. The monoisotopic (exact) mass is 355 g/mol. The van der Waals surface area contributed by atoms with Crippen molar-refractivity contribution >= 4 is 22.7 Å². The second-order valence-electron chi connectivity index (χ2n) is 4.95. The number of anilines is 2. The summed E-state index contributed by atoms with van der Waals surface area (Å²) in [5, 5.41) is 22.2. The largest absolute Gasteiger partial charge is 0.418 e. The first-order chi connectivity index (χ1) is 11.7. The zero-order valence-electron chi connectivity index (χ0n) is 12.9.